The summed E-state index contributed by atoms with van der Waals surface area (Å²) in [6, 6.07) is 18.4. The molecule has 1 aliphatic rings. The number of para-hydroxylation sites is 1. The first-order valence-corrected chi connectivity index (χ1v) is 13.1. The number of sulfonamides is 1. The number of rotatable bonds is 9. The minimum atomic E-state index is -3.41. The third kappa shape index (κ3) is 6.29. The van der Waals surface area contributed by atoms with Crippen molar-refractivity contribution in [1.29, 1.82) is 0 Å². The maximum absolute atomic E-state index is 12.7. The molecule has 0 bridgehead atoms. The SMILES string of the molecule is O=S(=O)(Cc1ccccc1)C1CCN(S(=O)(=O)CCCOc2ccccc2)CC1. The molecular formula is C21H27NO5S2. The van der Waals surface area contributed by atoms with E-state index >= 15 is 0 Å². The van der Waals surface area contributed by atoms with Crippen LogP contribution in [-0.4, -0.2) is 51.8 Å². The molecule has 1 fully saturated rings. The van der Waals surface area contributed by atoms with Crippen LogP contribution in [-0.2, 0) is 25.6 Å². The zero-order valence-electron chi connectivity index (χ0n) is 16.3. The fraction of sp³-hybridized carbons (Fsp3) is 0.429. The first-order valence-electron chi connectivity index (χ1n) is 9.78. The molecule has 0 aromatic heterocycles. The van der Waals surface area contributed by atoms with Gasteiger partial charge in [0.1, 0.15) is 5.75 Å². The summed E-state index contributed by atoms with van der Waals surface area (Å²) in [7, 11) is -6.71. The summed E-state index contributed by atoms with van der Waals surface area (Å²) in [5, 5.41) is -0.490. The second kappa shape index (κ2) is 9.73. The standard InChI is InChI=1S/C21H27NO5S2/c23-28(24,18-19-8-3-1-4-9-19)21-12-14-22(15-13-21)29(25,26)17-7-16-27-20-10-5-2-6-11-20/h1-6,8-11,21H,7,12-18H2. The van der Waals surface area contributed by atoms with Gasteiger partial charge < -0.3 is 4.74 Å². The molecule has 158 valence electrons. The summed E-state index contributed by atoms with van der Waals surface area (Å²) in [5.41, 5.74) is 0.765. The Bertz CT molecular complexity index is 968. The number of nitrogens with zero attached hydrogens (tertiary/aromatic N) is 1. The first-order chi connectivity index (χ1) is 13.9. The molecule has 0 N–H and O–H groups in total. The van der Waals surface area contributed by atoms with Crippen molar-refractivity contribution in [1.82, 2.24) is 4.31 Å². The minimum Gasteiger partial charge on any atom is -0.494 e. The summed E-state index contributed by atoms with van der Waals surface area (Å²) in [4.78, 5) is 0. The van der Waals surface area contributed by atoms with Gasteiger partial charge in [0, 0.05) is 13.1 Å². The van der Waals surface area contributed by atoms with Crippen molar-refractivity contribution < 1.29 is 21.6 Å². The minimum absolute atomic E-state index is 0.00126. The molecule has 0 saturated carbocycles. The van der Waals surface area contributed by atoms with Gasteiger partial charge in [-0.2, -0.15) is 0 Å². The number of piperidine rings is 1. The number of hydrogen-bond donors (Lipinski definition) is 0. The van der Waals surface area contributed by atoms with Crippen molar-refractivity contribution in [3.05, 3.63) is 66.2 Å². The van der Waals surface area contributed by atoms with Gasteiger partial charge in [-0.05, 0) is 37.0 Å². The normalized spacial score (nSPS) is 16.6. The van der Waals surface area contributed by atoms with Crippen LogP contribution in [0.1, 0.15) is 24.8 Å². The Morgan fingerprint density at radius 1 is 0.862 bits per heavy atom. The van der Waals surface area contributed by atoms with E-state index in [0.717, 1.165) is 5.56 Å². The summed E-state index contributed by atoms with van der Waals surface area (Å²) in [6.45, 7) is 0.826. The lowest BCUT2D eigenvalue weighted by Gasteiger charge is -2.31. The second-order valence-electron chi connectivity index (χ2n) is 7.22. The van der Waals surface area contributed by atoms with Gasteiger partial charge in [0.15, 0.2) is 9.84 Å². The predicted octanol–water partition coefficient (Wildman–Crippen LogP) is 2.86. The lowest BCUT2D eigenvalue weighted by molar-refractivity contribution is 0.312. The van der Waals surface area contributed by atoms with Crippen molar-refractivity contribution in [2.75, 3.05) is 25.4 Å². The van der Waals surface area contributed by atoms with Crippen LogP contribution in [0.15, 0.2) is 60.7 Å². The van der Waals surface area contributed by atoms with Gasteiger partial charge in [0.25, 0.3) is 0 Å². The van der Waals surface area contributed by atoms with Crippen molar-refractivity contribution in [2.45, 2.75) is 30.3 Å². The van der Waals surface area contributed by atoms with Gasteiger partial charge in [-0.1, -0.05) is 48.5 Å². The monoisotopic (exact) mass is 437 g/mol. The molecule has 0 unspecified atom stereocenters. The van der Waals surface area contributed by atoms with Crippen LogP contribution in [0.3, 0.4) is 0 Å². The molecule has 1 saturated heterocycles. The van der Waals surface area contributed by atoms with E-state index in [1.54, 1.807) is 12.1 Å². The molecule has 2 aromatic carbocycles. The molecule has 2 aromatic rings. The van der Waals surface area contributed by atoms with Gasteiger partial charge in [-0.3, -0.25) is 0 Å². The molecule has 1 heterocycles. The third-order valence-electron chi connectivity index (χ3n) is 5.07. The van der Waals surface area contributed by atoms with E-state index in [1.807, 2.05) is 48.5 Å². The van der Waals surface area contributed by atoms with Crippen LogP contribution in [0.4, 0.5) is 0 Å². The number of ether oxygens (including phenoxy) is 1. The highest BCUT2D eigenvalue weighted by Crippen LogP contribution is 2.23. The maximum Gasteiger partial charge on any atom is 0.214 e. The molecule has 8 heteroatoms. The van der Waals surface area contributed by atoms with Gasteiger partial charge in [0.2, 0.25) is 10.0 Å². The highest BCUT2D eigenvalue weighted by atomic mass is 32.2. The van der Waals surface area contributed by atoms with Crippen LogP contribution < -0.4 is 4.74 Å². The second-order valence-corrected chi connectivity index (χ2v) is 11.6. The molecule has 1 aliphatic heterocycles. The van der Waals surface area contributed by atoms with E-state index in [1.165, 1.54) is 4.31 Å². The molecular weight excluding hydrogens is 410 g/mol. The highest BCUT2D eigenvalue weighted by Gasteiger charge is 2.34. The van der Waals surface area contributed by atoms with Gasteiger partial charge in [0.05, 0.1) is 23.4 Å². The number of sulfone groups is 1. The van der Waals surface area contributed by atoms with Gasteiger partial charge >= 0.3 is 0 Å². The first kappa shape index (κ1) is 21.8. The molecule has 0 atom stereocenters. The average Bonchev–Trinajstić information content (AvgIpc) is 2.72. The van der Waals surface area contributed by atoms with Crippen LogP contribution in [0.25, 0.3) is 0 Å². The van der Waals surface area contributed by atoms with Crippen molar-refractivity contribution >= 4 is 19.9 Å². The Labute approximate surface area is 173 Å². The quantitative estimate of drug-likeness (QED) is 0.564. The fourth-order valence-electron chi connectivity index (χ4n) is 3.47. The zero-order valence-corrected chi connectivity index (χ0v) is 17.9. The highest BCUT2D eigenvalue weighted by molar-refractivity contribution is 7.91. The molecule has 0 spiro atoms. The Morgan fingerprint density at radius 3 is 2.07 bits per heavy atom. The van der Waals surface area contributed by atoms with E-state index in [9.17, 15) is 16.8 Å². The fourth-order valence-corrected chi connectivity index (χ4v) is 6.80. The van der Waals surface area contributed by atoms with Gasteiger partial charge in [-0.15, -0.1) is 0 Å². The number of hydrogen-bond acceptors (Lipinski definition) is 5. The zero-order chi connectivity index (χ0) is 20.7. The molecule has 0 aliphatic carbocycles. The van der Waals surface area contributed by atoms with Crippen molar-refractivity contribution in [2.24, 2.45) is 0 Å². The number of benzene rings is 2. The van der Waals surface area contributed by atoms with E-state index in [0.29, 0.717) is 31.6 Å². The van der Waals surface area contributed by atoms with E-state index in [4.69, 9.17) is 4.74 Å². The molecule has 0 radical (unpaired) electrons. The van der Waals surface area contributed by atoms with Crippen LogP contribution in [0, 0.1) is 0 Å². The largest absolute Gasteiger partial charge is 0.494 e. The summed E-state index contributed by atoms with van der Waals surface area (Å²) in [5.74, 6) is 0.720. The smallest absolute Gasteiger partial charge is 0.214 e. The summed E-state index contributed by atoms with van der Waals surface area (Å²) < 4.78 is 57.4. The van der Waals surface area contributed by atoms with Crippen LogP contribution in [0.2, 0.25) is 0 Å². The third-order valence-corrected chi connectivity index (χ3v) is 9.25. The van der Waals surface area contributed by atoms with Gasteiger partial charge in [-0.25, -0.2) is 21.1 Å². The molecule has 3 rings (SSSR count). The topological polar surface area (TPSA) is 80.8 Å². The Morgan fingerprint density at radius 2 is 1.45 bits per heavy atom. The van der Waals surface area contributed by atoms with E-state index < -0.39 is 25.1 Å². The predicted molar refractivity (Wildman–Crippen MR) is 114 cm³/mol. The van der Waals surface area contributed by atoms with Crippen LogP contribution in [0.5, 0.6) is 5.75 Å². The van der Waals surface area contributed by atoms with E-state index in [2.05, 4.69) is 0 Å². The Hall–Kier alpha value is -1.90. The molecule has 29 heavy (non-hydrogen) atoms. The Kier molecular flexibility index (Phi) is 7.32. The summed E-state index contributed by atoms with van der Waals surface area (Å²) >= 11 is 0. The average molecular weight is 438 g/mol. The maximum atomic E-state index is 12.7. The van der Waals surface area contributed by atoms with E-state index in [-0.39, 0.29) is 24.6 Å². The van der Waals surface area contributed by atoms with Crippen molar-refractivity contribution in [3.8, 4) is 5.75 Å². The van der Waals surface area contributed by atoms with Crippen LogP contribution >= 0.6 is 0 Å². The lowest BCUT2D eigenvalue weighted by atomic mass is 10.2. The summed E-state index contributed by atoms with van der Waals surface area (Å²) in [6.07, 6.45) is 1.08. The Balaban J connectivity index is 1.46. The lowest BCUT2D eigenvalue weighted by Crippen LogP contribution is -2.43. The van der Waals surface area contributed by atoms with Crippen molar-refractivity contribution in [3.63, 3.8) is 0 Å². The molecule has 6 nitrogen and oxygen atoms in total. The molecule has 0 amide bonds.